The van der Waals surface area contributed by atoms with Crippen molar-refractivity contribution in [2.75, 3.05) is 13.2 Å². The van der Waals surface area contributed by atoms with Gasteiger partial charge in [0.15, 0.2) is 0 Å². The SMILES string of the molecule is O=C1CCC(N2Cc3cc(-c4cc(CN5C6COCC5C6)ccn4)ccc3C2=O)C(=O)N1. The Kier molecular flexibility index (Phi) is 4.58. The Morgan fingerprint density at radius 2 is 1.94 bits per heavy atom. The number of amides is 3. The molecule has 164 valence electrons. The summed E-state index contributed by atoms with van der Waals surface area (Å²) in [6, 6.07) is 10.4. The van der Waals surface area contributed by atoms with Gasteiger partial charge in [0, 0.05) is 48.9 Å². The molecule has 3 saturated heterocycles. The van der Waals surface area contributed by atoms with Crippen LogP contribution in [0.3, 0.4) is 0 Å². The predicted molar refractivity (Wildman–Crippen MR) is 114 cm³/mol. The van der Waals surface area contributed by atoms with Gasteiger partial charge in [0.25, 0.3) is 5.91 Å². The molecule has 32 heavy (non-hydrogen) atoms. The number of hydrogen-bond donors (Lipinski definition) is 1. The molecule has 0 spiro atoms. The Hall–Kier alpha value is -3.10. The summed E-state index contributed by atoms with van der Waals surface area (Å²) < 4.78 is 5.58. The van der Waals surface area contributed by atoms with Crippen LogP contribution in [0.25, 0.3) is 11.3 Å². The van der Waals surface area contributed by atoms with Crippen LogP contribution < -0.4 is 5.32 Å². The van der Waals surface area contributed by atoms with Crippen LogP contribution in [0.4, 0.5) is 0 Å². The number of rotatable bonds is 4. The van der Waals surface area contributed by atoms with E-state index in [2.05, 4.69) is 27.3 Å². The smallest absolute Gasteiger partial charge is 0.255 e. The molecule has 0 aliphatic carbocycles. The Labute approximate surface area is 185 Å². The van der Waals surface area contributed by atoms with E-state index in [1.807, 2.05) is 24.4 Å². The number of imide groups is 1. The number of ether oxygens (including phenoxy) is 1. The lowest BCUT2D eigenvalue weighted by molar-refractivity contribution is -0.136. The van der Waals surface area contributed by atoms with Gasteiger partial charge in [0.1, 0.15) is 6.04 Å². The van der Waals surface area contributed by atoms with Gasteiger partial charge in [-0.05, 0) is 48.2 Å². The van der Waals surface area contributed by atoms with Gasteiger partial charge in [-0.1, -0.05) is 6.07 Å². The van der Waals surface area contributed by atoms with Crippen molar-refractivity contribution < 1.29 is 19.1 Å². The number of carbonyl (C=O) groups excluding carboxylic acids is 3. The summed E-state index contributed by atoms with van der Waals surface area (Å²) in [6.45, 7) is 2.89. The Balaban J connectivity index is 1.22. The second-order valence-electron chi connectivity index (χ2n) is 9.07. The van der Waals surface area contributed by atoms with E-state index in [0.29, 0.717) is 30.6 Å². The summed E-state index contributed by atoms with van der Waals surface area (Å²) in [5, 5.41) is 2.34. The molecule has 0 saturated carbocycles. The van der Waals surface area contributed by atoms with Crippen LogP contribution in [0.15, 0.2) is 36.5 Å². The molecule has 3 unspecified atom stereocenters. The number of benzene rings is 1. The second kappa shape index (κ2) is 7.50. The van der Waals surface area contributed by atoms with Gasteiger partial charge in [-0.15, -0.1) is 0 Å². The summed E-state index contributed by atoms with van der Waals surface area (Å²) in [5.74, 6) is -0.828. The summed E-state index contributed by atoms with van der Waals surface area (Å²) in [7, 11) is 0. The summed E-state index contributed by atoms with van der Waals surface area (Å²) in [4.78, 5) is 45.3. The highest BCUT2D eigenvalue weighted by Gasteiger charge is 2.42. The minimum Gasteiger partial charge on any atom is -0.378 e. The molecule has 5 heterocycles. The van der Waals surface area contributed by atoms with E-state index in [-0.39, 0.29) is 18.2 Å². The molecule has 3 amide bonds. The normalized spacial score (nSPS) is 27.2. The van der Waals surface area contributed by atoms with Crippen molar-refractivity contribution in [3.63, 3.8) is 0 Å². The molecule has 4 aliphatic rings. The molecule has 3 atom stereocenters. The molecule has 2 bridgehead atoms. The van der Waals surface area contributed by atoms with Crippen molar-refractivity contribution in [1.82, 2.24) is 20.1 Å². The van der Waals surface area contributed by atoms with Crippen LogP contribution in [0.2, 0.25) is 0 Å². The number of aromatic nitrogens is 1. The maximum Gasteiger partial charge on any atom is 0.255 e. The van der Waals surface area contributed by atoms with Crippen LogP contribution in [-0.2, 0) is 27.4 Å². The number of pyridine rings is 1. The van der Waals surface area contributed by atoms with Gasteiger partial charge in [0.05, 0.1) is 18.9 Å². The molecule has 1 N–H and O–H groups in total. The molecule has 8 nitrogen and oxygen atoms in total. The quantitative estimate of drug-likeness (QED) is 0.736. The maximum absolute atomic E-state index is 12.9. The molecule has 8 heteroatoms. The number of piperidine rings is 1. The number of carbonyl (C=O) groups is 3. The zero-order valence-corrected chi connectivity index (χ0v) is 17.6. The van der Waals surface area contributed by atoms with Crippen molar-refractivity contribution >= 4 is 17.7 Å². The van der Waals surface area contributed by atoms with Crippen molar-refractivity contribution in [2.24, 2.45) is 0 Å². The van der Waals surface area contributed by atoms with E-state index in [1.165, 1.54) is 12.0 Å². The predicted octanol–water partition coefficient (Wildman–Crippen LogP) is 1.48. The van der Waals surface area contributed by atoms with Crippen LogP contribution in [0.5, 0.6) is 0 Å². The van der Waals surface area contributed by atoms with Crippen molar-refractivity contribution in [1.29, 1.82) is 0 Å². The molecule has 0 radical (unpaired) electrons. The van der Waals surface area contributed by atoms with Gasteiger partial charge >= 0.3 is 0 Å². The highest BCUT2D eigenvalue weighted by Crippen LogP contribution is 2.34. The van der Waals surface area contributed by atoms with Gasteiger partial charge in [0.2, 0.25) is 11.8 Å². The summed E-state index contributed by atoms with van der Waals surface area (Å²) in [5.41, 5.74) is 4.55. The topological polar surface area (TPSA) is 91.8 Å². The standard InChI is InChI=1S/C24H24N4O4/c29-22-4-3-21(23(30)26-22)28-11-16-8-15(1-2-19(16)24(28)31)20-7-14(5-6-25-20)10-27-17-9-18(27)13-32-12-17/h1-2,5-8,17-18,21H,3-4,9-13H2,(H,26,29,30). The molecule has 4 aliphatic heterocycles. The van der Waals surface area contributed by atoms with E-state index in [9.17, 15) is 14.4 Å². The first-order chi connectivity index (χ1) is 15.6. The third-order valence-corrected chi connectivity index (χ3v) is 7.11. The zero-order valence-electron chi connectivity index (χ0n) is 17.6. The third-order valence-electron chi connectivity index (χ3n) is 7.11. The number of morpholine rings is 1. The Morgan fingerprint density at radius 1 is 1.09 bits per heavy atom. The monoisotopic (exact) mass is 432 g/mol. The molecule has 3 fully saturated rings. The van der Waals surface area contributed by atoms with E-state index >= 15 is 0 Å². The number of nitrogens with zero attached hydrogens (tertiary/aromatic N) is 3. The highest BCUT2D eigenvalue weighted by atomic mass is 16.5. The van der Waals surface area contributed by atoms with Crippen molar-refractivity contribution in [3.8, 4) is 11.3 Å². The maximum atomic E-state index is 12.9. The first-order valence-corrected chi connectivity index (χ1v) is 11.1. The lowest BCUT2D eigenvalue weighted by Gasteiger charge is -2.52. The Morgan fingerprint density at radius 3 is 2.72 bits per heavy atom. The lowest BCUT2D eigenvalue weighted by Crippen LogP contribution is -2.62. The average molecular weight is 432 g/mol. The van der Waals surface area contributed by atoms with Gasteiger partial charge in [-0.25, -0.2) is 0 Å². The van der Waals surface area contributed by atoms with Gasteiger partial charge in [-0.3, -0.25) is 29.6 Å². The zero-order chi connectivity index (χ0) is 21.8. The fraction of sp³-hybridized carbons (Fsp3) is 0.417. The third kappa shape index (κ3) is 3.22. The van der Waals surface area contributed by atoms with Gasteiger partial charge in [-0.2, -0.15) is 0 Å². The first kappa shape index (κ1) is 19.6. The minimum atomic E-state index is -0.600. The average Bonchev–Trinajstić information content (AvgIpc) is 3.13. The first-order valence-electron chi connectivity index (χ1n) is 11.1. The number of fused-ring (bicyclic) bond motifs is 3. The number of hydrogen-bond acceptors (Lipinski definition) is 6. The fourth-order valence-electron chi connectivity index (χ4n) is 5.35. The fourth-order valence-corrected chi connectivity index (χ4v) is 5.35. The van der Waals surface area contributed by atoms with Crippen LogP contribution >= 0.6 is 0 Å². The van der Waals surface area contributed by atoms with Crippen LogP contribution in [0, 0.1) is 0 Å². The highest BCUT2D eigenvalue weighted by molar-refractivity contribution is 6.05. The molecular formula is C24H24N4O4. The van der Waals surface area contributed by atoms with Crippen LogP contribution in [0.1, 0.15) is 40.7 Å². The molecule has 1 aromatic heterocycles. The molecule has 1 aromatic carbocycles. The molecular weight excluding hydrogens is 408 g/mol. The largest absolute Gasteiger partial charge is 0.378 e. The van der Waals surface area contributed by atoms with Crippen LogP contribution in [-0.4, -0.2) is 63.8 Å². The Bertz CT molecular complexity index is 1120. The van der Waals surface area contributed by atoms with Gasteiger partial charge < -0.3 is 9.64 Å². The second-order valence-corrected chi connectivity index (χ2v) is 9.07. The van der Waals surface area contributed by atoms with E-state index < -0.39 is 11.9 Å². The van der Waals surface area contributed by atoms with Crippen molar-refractivity contribution in [3.05, 3.63) is 53.2 Å². The number of nitrogens with one attached hydrogen (secondary N) is 1. The molecule has 2 aromatic rings. The molecule has 6 rings (SSSR count). The van der Waals surface area contributed by atoms with Crippen molar-refractivity contribution in [2.45, 2.75) is 50.5 Å². The minimum absolute atomic E-state index is 0.158. The summed E-state index contributed by atoms with van der Waals surface area (Å²) >= 11 is 0. The summed E-state index contributed by atoms with van der Waals surface area (Å²) in [6.07, 6.45) is 3.68. The van der Waals surface area contributed by atoms with E-state index in [4.69, 9.17) is 4.74 Å². The lowest BCUT2D eigenvalue weighted by atomic mass is 9.90. The van der Waals surface area contributed by atoms with E-state index in [1.54, 1.807) is 4.90 Å². The van der Waals surface area contributed by atoms with E-state index in [0.717, 1.165) is 36.6 Å².